The minimum Gasteiger partial charge on any atom is -0.478 e. The van der Waals surface area contributed by atoms with Crippen molar-refractivity contribution in [1.82, 2.24) is 5.32 Å². The number of amides is 2. The summed E-state index contributed by atoms with van der Waals surface area (Å²) in [6.07, 6.45) is -39.3. The van der Waals surface area contributed by atoms with Crippen molar-refractivity contribution in [1.29, 1.82) is 0 Å². The van der Waals surface area contributed by atoms with E-state index in [2.05, 4.69) is 5.32 Å². The number of alkyl halides is 18. The fourth-order valence-electron chi connectivity index (χ4n) is 8.08. The Balaban J connectivity index is 2.11. The molecule has 0 aliphatic carbocycles. The van der Waals surface area contributed by atoms with Gasteiger partial charge in [-0.05, 0) is 122 Å². The molecule has 0 spiro atoms. The van der Waals surface area contributed by atoms with Crippen LogP contribution in [0.25, 0.3) is 11.1 Å². The SMILES string of the molecule is Cc1cc(NC(=O)c2ccc(C(c3ccc(C(=O)NC(C)C)c(C(=O)O)c3)(C(F)(F)F)C(F)(F)F)cc2C(=O)O)c(C(C)(C(F)(F)F)C(F)(F)F)cc1-c1cc(C(O)(C(F)(F)F)C(F)(F)F)c(C(C)C)cc1C. The quantitative estimate of drug-likeness (QED) is 0.0886. The minimum atomic E-state index is -6.62. The number of benzene rings is 4. The molecular formula is C46H38F18N2O7. The van der Waals surface area contributed by atoms with E-state index in [9.17, 15) is 87.2 Å². The Morgan fingerprint density at radius 1 is 0.493 bits per heavy atom. The molecule has 0 saturated heterocycles. The first kappa shape index (κ1) is 59.0. The third-order valence-corrected chi connectivity index (χ3v) is 11.9. The zero-order valence-electron chi connectivity index (χ0n) is 38.2. The van der Waals surface area contributed by atoms with Crippen LogP contribution < -0.4 is 10.6 Å². The van der Waals surface area contributed by atoms with Crippen molar-refractivity contribution in [2.24, 2.45) is 0 Å². The Labute approximate surface area is 400 Å². The predicted octanol–water partition coefficient (Wildman–Crippen LogP) is 13.0. The van der Waals surface area contributed by atoms with Crippen LogP contribution in [0.5, 0.6) is 0 Å². The van der Waals surface area contributed by atoms with Crippen LogP contribution in [-0.4, -0.2) is 82.2 Å². The second-order valence-electron chi connectivity index (χ2n) is 17.4. The van der Waals surface area contributed by atoms with E-state index in [4.69, 9.17) is 0 Å². The van der Waals surface area contributed by atoms with Gasteiger partial charge in [-0.2, -0.15) is 79.0 Å². The van der Waals surface area contributed by atoms with E-state index in [0.29, 0.717) is 6.07 Å². The first-order valence-electron chi connectivity index (χ1n) is 20.6. The van der Waals surface area contributed by atoms with Crippen molar-refractivity contribution in [3.8, 4) is 11.1 Å². The molecule has 9 nitrogen and oxygen atoms in total. The summed E-state index contributed by atoms with van der Waals surface area (Å²) >= 11 is 0. The number of aliphatic hydroxyl groups is 1. The smallest absolute Gasteiger partial charge is 0.430 e. The lowest BCUT2D eigenvalue weighted by molar-refractivity contribution is -0.376. The van der Waals surface area contributed by atoms with Crippen LogP contribution in [0.3, 0.4) is 0 Å². The Bertz CT molecular complexity index is 2800. The van der Waals surface area contributed by atoms with E-state index >= 15 is 26.3 Å². The topological polar surface area (TPSA) is 153 Å². The highest BCUT2D eigenvalue weighted by Crippen LogP contribution is 2.58. The van der Waals surface area contributed by atoms with Crippen LogP contribution in [-0.2, 0) is 16.4 Å². The zero-order chi connectivity index (χ0) is 56.5. The number of carbonyl (C=O) groups excluding carboxylic acids is 2. The normalized spacial score (nSPS) is 13.6. The molecule has 5 N–H and O–H groups in total. The fourth-order valence-corrected chi connectivity index (χ4v) is 8.08. The number of hydrogen-bond acceptors (Lipinski definition) is 5. The molecule has 73 heavy (non-hydrogen) atoms. The van der Waals surface area contributed by atoms with E-state index in [1.807, 2.05) is 0 Å². The van der Waals surface area contributed by atoms with Gasteiger partial charge in [0.2, 0.25) is 5.41 Å². The third-order valence-electron chi connectivity index (χ3n) is 11.9. The lowest BCUT2D eigenvalue weighted by Crippen LogP contribution is -2.55. The van der Waals surface area contributed by atoms with Gasteiger partial charge in [0, 0.05) is 22.9 Å². The summed E-state index contributed by atoms with van der Waals surface area (Å²) in [4.78, 5) is 51.3. The summed E-state index contributed by atoms with van der Waals surface area (Å²) < 4.78 is 266. The van der Waals surface area contributed by atoms with Gasteiger partial charge in [-0.3, -0.25) is 9.59 Å². The van der Waals surface area contributed by atoms with Crippen LogP contribution >= 0.6 is 0 Å². The number of carboxylic acid groups (broad SMARTS) is 2. The second kappa shape index (κ2) is 19.1. The number of aromatic carboxylic acids is 2. The van der Waals surface area contributed by atoms with Gasteiger partial charge in [0.15, 0.2) is 5.41 Å². The minimum absolute atomic E-state index is 0.0393. The van der Waals surface area contributed by atoms with Crippen LogP contribution in [0.4, 0.5) is 84.7 Å². The van der Waals surface area contributed by atoms with E-state index in [1.54, 1.807) is 0 Å². The van der Waals surface area contributed by atoms with Gasteiger partial charge in [-0.25, -0.2) is 9.59 Å². The van der Waals surface area contributed by atoms with Crippen molar-refractivity contribution >= 4 is 29.4 Å². The van der Waals surface area contributed by atoms with Crippen molar-refractivity contribution < 1.29 is 114 Å². The molecule has 0 bridgehead atoms. The molecule has 0 saturated carbocycles. The first-order valence-corrected chi connectivity index (χ1v) is 20.6. The molecule has 0 heterocycles. The molecule has 2 amide bonds. The van der Waals surface area contributed by atoms with E-state index < -0.39 is 180 Å². The Morgan fingerprint density at radius 3 is 1.22 bits per heavy atom. The molecule has 4 rings (SSSR count). The largest absolute Gasteiger partial charge is 0.478 e. The van der Waals surface area contributed by atoms with Gasteiger partial charge in [-0.1, -0.05) is 32.0 Å². The number of carboxylic acids is 2. The number of nitrogens with one attached hydrogen (secondary N) is 2. The number of anilines is 1. The summed E-state index contributed by atoms with van der Waals surface area (Å²) in [7, 11) is 0. The highest BCUT2D eigenvalue weighted by molar-refractivity contribution is 6.11. The van der Waals surface area contributed by atoms with E-state index in [1.165, 1.54) is 19.2 Å². The van der Waals surface area contributed by atoms with Gasteiger partial charge >= 0.3 is 49.0 Å². The maximum Gasteiger partial charge on any atom is 0.430 e. The average molecular weight is 1070 g/mol. The van der Waals surface area contributed by atoms with Crippen molar-refractivity contribution in [3.05, 3.63) is 122 Å². The lowest BCUT2D eigenvalue weighted by Gasteiger charge is -2.38. The van der Waals surface area contributed by atoms with Gasteiger partial charge < -0.3 is 26.0 Å². The molecule has 27 heteroatoms. The lowest BCUT2D eigenvalue weighted by atomic mass is 9.71. The highest BCUT2D eigenvalue weighted by atomic mass is 19.4. The maximum absolute atomic E-state index is 15.2. The molecule has 4 aromatic carbocycles. The standard InChI is InChI=1S/C46H38F18N2O7/c1-18(2)26-12-20(5)27(16-31(26)40(73,45(59,60)61)46(62,63)64)28-17-32(38(7,41(47,48)49)42(50,51)52)33(13-21(28)6)66-35(68)25-11-9-23(15-30(25)37(71)72)39(43(53,54)55,44(56,57)58)22-8-10-24(29(14-22)36(69)70)34(67)65-19(3)4/h8-19,73H,1-7H3,(H,65,67)(H,66,68)(H,69,70)(H,71,72). The molecule has 400 valence electrons. The Kier molecular flexibility index (Phi) is 15.4. The molecule has 4 aromatic rings. The molecule has 0 fully saturated rings. The highest BCUT2D eigenvalue weighted by Gasteiger charge is 2.74. The average Bonchev–Trinajstić information content (AvgIpc) is 3.20. The fraction of sp³-hybridized carbons (Fsp3) is 0.391. The van der Waals surface area contributed by atoms with Gasteiger partial charge in [0.1, 0.15) is 0 Å². The van der Waals surface area contributed by atoms with Crippen LogP contribution in [0, 0.1) is 13.8 Å². The van der Waals surface area contributed by atoms with Crippen molar-refractivity contribution in [2.45, 2.75) is 114 Å². The van der Waals surface area contributed by atoms with Gasteiger partial charge in [-0.15, -0.1) is 0 Å². The summed E-state index contributed by atoms with van der Waals surface area (Å²) in [6, 6.07) is -0.301. The third kappa shape index (κ3) is 10.1. The van der Waals surface area contributed by atoms with Crippen molar-refractivity contribution in [3.63, 3.8) is 0 Å². The summed E-state index contributed by atoms with van der Waals surface area (Å²) in [5.74, 6) is -9.44. The first-order chi connectivity index (χ1) is 32.7. The molecule has 0 radical (unpaired) electrons. The molecule has 0 aliphatic heterocycles. The summed E-state index contributed by atoms with van der Waals surface area (Å²) in [5.41, 5.74) is -35.6. The van der Waals surface area contributed by atoms with E-state index in [-0.39, 0.29) is 48.5 Å². The van der Waals surface area contributed by atoms with E-state index in [0.717, 1.165) is 27.7 Å². The van der Waals surface area contributed by atoms with Gasteiger partial charge in [0.05, 0.1) is 22.3 Å². The van der Waals surface area contributed by atoms with Crippen LogP contribution in [0.1, 0.15) is 121 Å². The Morgan fingerprint density at radius 2 is 0.877 bits per heavy atom. The number of halogens is 18. The number of aryl methyl sites for hydroxylation is 2. The second-order valence-corrected chi connectivity index (χ2v) is 17.4. The maximum atomic E-state index is 15.2. The molecule has 0 atom stereocenters. The number of rotatable bonds is 12. The number of hydrogen-bond donors (Lipinski definition) is 5. The van der Waals surface area contributed by atoms with Crippen molar-refractivity contribution in [2.75, 3.05) is 5.32 Å². The molecule has 0 aliphatic rings. The van der Waals surface area contributed by atoms with Crippen LogP contribution in [0.15, 0.2) is 60.7 Å². The number of carbonyl (C=O) groups is 4. The summed E-state index contributed by atoms with van der Waals surface area (Å²) in [5, 5.41) is 34.0. The van der Waals surface area contributed by atoms with Crippen LogP contribution in [0.2, 0.25) is 0 Å². The predicted molar refractivity (Wildman–Crippen MR) is 221 cm³/mol. The Hall–Kier alpha value is -6.54. The zero-order valence-corrected chi connectivity index (χ0v) is 38.2. The molecule has 0 unspecified atom stereocenters. The monoisotopic (exact) mass is 1070 g/mol. The molecule has 0 aromatic heterocycles. The molecular weight excluding hydrogens is 1030 g/mol. The summed E-state index contributed by atoms with van der Waals surface area (Å²) in [6.45, 7) is 6.15. The van der Waals surface area contributed by atoms with Gasteiger partial charge in [0.25, 0.3) is 17.4 Å².